The number of hydrogen-bond donors (Lipinski definition) is 0. The quantitative estimate of drug-likeness (QED) is 0.650. The van der Waals surface area contributed by atoms with Gasteiger partial charge in [-0.05, 0) is 48.4 Å². The molecule has 5 rings (SSSR count). The zero-order chi connectivity index (χ0) is 20.7. The lowest BCUT2D eigenvalue weighted by Crippen LogP contribution is -2.41. The number of carbonyl (C=O) groups is 2. The van der Waals surface area contributed by atoms with Crippen molar-refractivity contribution < 1.29 is 18.7 Å². The topological polar surface area (TPSA) is 67.2 Å². The van der Waals surface area contributed by atoms with Gasteiger partial charge in [-0.25, -0.2) is 8.91 Å². The van der Waals surface area contributed by atoms with Gasteiger partial charge in [0.2, 0.25) is 5.91 Å². The molecule has 3 aromatic rings. The van der Waals surface area contributed by atoms with Crippen LogP contribution in [0.4, 0.5) is 4.39 Å². The average molecular weight is 408 g/mol. The first-order valence-corrected chi connectivity index (χ1v) is 9.99. The Hall–Kier alpha value is -3.42. The van der Waals surface area contributed by atoms with E-state index in [1.54, 1.807) is 15.6 Å². The first-order valence-electron chi connectivity index (χ1n) is 9.99. The standard InChI is InChI=1S/C22H21FN4O3/c23-16-3-5-17(6-4-16)30-14-22(29)25-11-8-19-20(25)12-21(28)26(19)13-15-2-1-10-27-18(15)7-9-24-27/h1-7,9-10,19-20H,8,11-14H2/t19-,20-/m0/s1. The van der Waals surface area contributed by atoms with Crippen molar-refractivity contribution in [3.05, 3.63) is 66.2 Å². The van der Waals surface area contributed by atoms with Crippen molar-refractivity contribution in [1.82, 2.24) is 19.4 Å². The van der Waals surface area contributed by atoms with Gasteiger partial charge < -0.3 is 14.5 Å². The Morgan fingerprint density at radius 2 is 2.00 bits per heavy atom. The summed E-state index contributed by atoms with van der Waals surface area (Å²) < 4.78 is 20.3. The van der Waals surface area contributed by atoms with Crippen LogP contribution in [0.3, 0.4) is 0 Å². The van der Waals surface area contributed by atoms with E-state index in [0.29, 0.717) is 25.3 Å². The van der Waals surface area contributed by atoms with Crippen LogP contribution in [0.25, 0.3) is 5.52 Å². The van der Waals surface area contributed by atoms with Gasteiger partial charge in [0.05, 0.1) is 17.6 Å². The Morgan fingerprint density at radius 1 is 1.17 bits per heavy atom. The molecule has 0 spiro atoms. The lowest BCUT2D eigenvalue weighted by molar-refractivity contribution is -0.134. The molecule has 4 heterocycles. The van der Waals surface area contributed by atoms with Gasteiger partial charge in [-0.15, -0.1) is 0 Å². The van der Waals surface area contributed by atoms with Crippen LogP contribution in [0, 0.1) is 5.82 Å². The molecule has 0 unspecified atom stereocenters. The van der Waals surface area contributed by atoms with E-state index in [2.05, 4.69) is 5.10 Å². The number of carbonyl (C=O) groups excluding carboxylic acids is 2. The molecule has 2 fully saturated rings. The normalized spacial score (nSPS) is 20.8. The van der Waals surface area contributed by atoms with Crippen LogP contribution in [0.5, 0.6) is 5.75 Å². The molecule has 2 aliphatic rings. The van der Waals surface area contributed by atoms with E-state index in [-0.39, 0.29) is 36.3 Å². The molecule has 2 aromatic heterocycles. The highest BCUT2D eigenvalue weighted by Gasteiger charge is 2.48. The summed E-state index contributed by atoms with van der Waals surface area (Å²) >= 11 is 0. The number of amides is 2. The number of hydrogen-bond acceptors (Lipinski definition) is 4. The highest BCUT2D eigenvalue weighted by atomic mass is 19.1. The van der Waals surface area contributed by atoms with Crippen LogP contribution < -0.4 is 4.74 Å². The van der Waals surface area contributed by atoms with Gasteiger partial charge in [-0.2, -0.15) is 5.10 Å². The van der Waals surface area contributed by atoms with Crippen LogP contribution in [0.15, 0.2) is 54.9 Å². The summed E-state index contributed by atoms with van der Waals surface area (Å²) in [6, 6.07) is 11.3. The molecule has 0 N–H and O–H groups in total. The minimum Gasteiger partial charge on any atom is -0.484 e. The molecule has 2 atom stereocenters. The molecule has 2 aliphatic heterocycles. The number of likely N-dealkylation sites (tertiary alicyclic amines) is 2. The highest BCUT2D eigenvalue weighted by Crippen LogP contribution is 2.34. The Labute approximate surface area is 172 Å². The summed E-state index contributed by atoms with van der Waals surface area (Å²) in [6.07, 6.45) is 4.70. The zero-order valence-corrected chi connectivity index (χ0v) is 16.3. The Kier molecular flexibility index (Phi) is 4.61. The highest BCUT2D eigenvalue weighted by molar-refractivity contribution is 5.84. The molecule has 154 valence electrons. The first kappa shape index (κ1) is 18.6. The van der Waals surface area contributed by atoms with E-state index >= 15 is 0 Å². The fraction of sp³-hybridized carbons (Fsp3) is 0.318. The molecular formula is C22H21FN4O3. The number of fused-ring (bicyclic) bond motifs is 2. The SMILES string of the molecule is O=C(COc1ccc(F)cc1)N1CC[C@H]2[C@@H]1CC(=O)N2Cc1cccn2nccc12. The Bertz CT molecular complexity index is 1100. The third-order valence-corrected chi connectivity index (χ3v) is 5.98. The van der Waals surface area contributed by atoms with Crippen LogP contribution in [0.2, 0.25) is 0 Å². The fourth-order valence-electron chi connectivity index (χ4n) is 4.53. The van der Waals surface area contributed by atoms with Gasteiger partial charge >= 0.3 is 0 Å². The predicted octanol–water partition coefficient (Wildman–Crippen LogP) is 2.25. The minimum atomic E-state index is -0.354. The minimum absolute atomic E-state index is 0.00967. The number of pyridine rings is 1. The molecular weight excluding hydrogens is 387 g/mol. The number of rotatable bonds is 5. The summed E-state index contributed by atoms with van der Waals surface area (Å²) in [6.45, 7) is 0.976. The molecule has 0 radical (unpaired) electrons. The van der Waals surface area contributed by atoms with Gasteiger partial charge in [0.25, 0.3) is 5.91 Å². The van der Waals surface area contributed by atoms with Crippen molar-refractivity contribution in [2.75, 3.05) is 13.2 Å². The van der Waals surface area contributed by atoms with Crippen molar-refractivity contribution in [3.8, 4) is 5.75 Å². The maximum absolute atomic E-state index is 13.0. The summed E-state index contributed by atoms with van der Waals surface area (Å²) in [5, 5.41) is 4.25. The number of ether oxygens (including phenoxy) is 1. The second kappa shape index (κ2) is 7.44. The zero-order valence-electron chi connectivity index (χ0n) is 16.3. The summed E-state index contributed by atoms with van der Waals surface area (Å²) in [7, 11) is 0. The predicted molar refractivity (Wildman–Crippen MR) is 106 cm³/mol. The monoisotopic (exact) mass is 408 g/mol. The summed E-state index contributed by atoms with van der Waals surface area (Å²) in [5.74, 6) is -0.00592. The molecule has 8 heteroatoms. The van der Waals surface area contributed by atoms with E-state index in [9.17, 15) is 14.0 Å². The van der Waals surface area contributed by atoms with Crippen LogP contribution >= 0.6 is 0 Å². The molecule has 2 amide bonds. The smallest absolute Gasteiger partial charge is 0.260 e. The van der Waals surface area contributed by atoms with Crippen molar-refractivity contribution in [2.45, 2.75) is 31.5 Å². The second-order valence-corrected chi connectivity index (χ2v) is 7.67. The van der Waals surface area contributed by atoms with Crippen LogP contribution in [-0.2, 0) is 16.1 Å². The first-order chi connectivity index (χ1) is 14.6. The Balaban J connectivity index is 1.26. The summed E-state index contributed by atoms with van der Waals surface area (Å²) in [4.78, 5) is 29.1. The number of benzene rings is 1. The maximum atomic E-state index is 13.0. The molecule has 0 bridgehead atoms. The van der Waals surface area contributed by atoms with Gasteiger partial charge in [0.1, 0.15) is 11.6 Å². The van der Waals surface area contributed by atoms with Crippen LogP contribution in [0.1, 0.15) is 18.4 Å². The average Bonchev–Trinajstić information content (AvgIpc) is 3.45. The van der Waals surface area contributed by atoms with Gasteiger partial charge in [-0.1, -0.05) is 6.07 Å². The molecule has 0 aliphatic carbocycles. The van der Waals surface area contributed by atoms with E-state index in [1.807, 2.05) is 29.3 Å². The van der Waals surface area contributed by atoms with Crippen molar-refractivity contribution in [1.29, 1.82) is 0 Å². The van der Waals surface area contributed by atoms with E-state index in [1.165, 1.54) is 24.3 Å². The lowest BCUT2D eigenvalue weighted by Gasteiger charge is -2.25. The number of nitrogens with zero attached hydrogens (tertiary/aromatic N) is 4. The second-order valence-electron chi connectivity index (χ2n) is 7.67. The Morgan fingerprint density at radius 3 is 2.83 bits per heavy atom. The largest absolute Gasteiger partial charge is 0.484 e. The fourth-order valence-corrected chi connectivity index (χ4v) is 4.53. The molecule has 0 saturated carbocycles. The molecule has 7 nitrogen and oxygen atoms in total. The lowest BCUT2D eigenvalue weighted by atomic mass is 10.1. The number of aromatic nitrogens is 2. The van der Waals surface area contributed by atoms with Crippen molar-refractivity contribution >= 4 is 17.3 Å². The van der Waals surface area contributed by atoms with E-state index in [4.69, 9.17) is 4.74 Å². The summed E-state index contributed by atoms with van der Waals surface area (Å²) in [5.41, 5.74) is 2.01. The van der Waals surface area contributed by atoms with E-state index < -0.39 is 0 Å². The number of halogens is 1. The molecule has 1 aromatic carbocycles. The van der Waals surface area contributed by atoms with Gasteiger partial charge in [0.15, 0.2) is 6.61 Å². The molecule has 30 heavy (non-hydrogen) atoms. The van der Waals surface area contributed by atoms with Crippen molar-refractivity contribution in [3.63, 3.8) is 0 Å². The van der Waals surface area contributed by atoms with E-state index in [0.717, 1.165) is 17.5 Å². The van der Waals surface area contributed by atoms with Crippen molar-refractivity contribution in [2.24, 2.45) is 0 Å². The maximum Gasteiger partial charge on any atom is 0.260 e. The molecule has 2 saturated heterocycles. The third kappa shape index (κ3) is 3.28. The van der Waals surface area contributed by atoms with Gasteiger partial charge in [0, 0.05) is 31.9 Å². The van der Waals surface area contributed by atoms with Crippen LogP contribution in [-0.4, -0.2) is 56.5 Å². The van der Waals surface area contributed by atoms with Gasteiger partial charge in [-0.3, -0.25) is 9.59 Å². The third-order valence-electron chi connectivity index (χ3n) is 5.98.